The molecule has 90 valence electrons. The predicted molar refractivity (Wildman–Crippen MR) is 70.2 cm³/mol. The lowest BCUT2D eigenvalue weighted by atomic mass is 9.99. The number of nitrogens with one attached hydrogen (secondary N) is 1. The molecule has 2 aromatic rings. The predicted octanol–water partition coefficient (Wildman–Crippen LogP) is 2.61. The summed E-state index contributed by atoms with van der Waals surface area (Å²) in [6.45, 7) is 3.14. The fourth-order valence-electron chi connectivity index (χ4n) is 2.48. The van der Waals surface area contributed by atoms with Crippen molar-refractivity contribution in [2.45, 2.75) is 31.8 Å². The summed E-state index contributed by atoms with van der Waals surface area (Å²) in [4.78, 5) is 4.48. The lowest BCUT2D eigenvalue weighted by Crippen LogP contribution is -2.26. The van der Waals surface area contributed by atoms with Gasteiger partial charge in [0.25, 0.3) is 0 Å². The van der Waals surface area contributed by atoms with Crippen molar-refractivity contribution in [2.24, 2.45) is 0 Å². The normalized spacial score (nSPS) is 19.2. The summed E-state index contributed by atoms with van der Waals surface area (Å²) < 4.78 is 2.29. The summed E-state index contributed by atoms with van der Waals surface area (Å²) in [7, 11) is 0. The molecule has 17 heavy (non-hydrogen) atoms. The van der Waals surface area contributed by atoms with Gasteiger partial charge in [0.05, 0.1) is 0 Å². The van der Waals surface area contributed by atoms with Gasteiger partial charge in [0, 0.05) is 37.9 Å². The van der Waals surface area contributed by atoms with Crippen LogP contribution in [0, 0.1) is 0 Å². The zero-order valence-electron chi connectivity index (χ0n) is 9.80. The average molecular weight is 247 g/mol. The molecule has 3 heterocycles. The summed E-state index contributed by atoms with van der Waals surface area (Å²) in [6.07, 6.45) is 6.55. The first-order valence-corrected chi connectivity index (χ1v) is 7.10. The van der Waals surface area contributed by atoms with E-state index in [4.69, 9.17) is 0 Å². The van der Waals surface area contributed by atoms with E-state index in [1.807, 2.05) is 6.20 Å². The molecule has 4 heteroatoms. The molecule has 1 N–H and O–H groups in total. The molecule has 0 spiro atoms. The van der Waals surface area contributed by atoms with Crippen molar-refractivity contribution in [2.75, 3.05) is 6.54 Å². The second-order valence-corrected chi connectivity index (χ2v) is 5.36. The van der Waals surface area contributed by atoms with Crippen molar-refractivity contribution >= 4 is 11.3 Å². The Morgan fingerprint density at radius 3 is 3.41 bits per heavy atom. The van der Waals surface area contributed by atoms with Crippen molar-refractivity contribution in [3.63, 3.8) is 0 Å². The number of imidazole rings is 1. The number of aromatic nitrogens is 2. The third kappa shape index (κ3) is 2.42. The van der Waals surface area contributed by atoms with Crippen LogP contribution in [0.2, 0.25) is 0 Å². The summed E-state index contributed by atoms with van der Waals surface area (Å²) in [5, 5.41) is 7.87. The number of hydrogen-bond acceptors (Lipinski definition) is 3. The Morgan fingerprint density at radius 2 is 2.53 bits per heavy atom. The van der Waals surface area contributed by atoms with E-state index in [0.717, 1.165) is 19.6 Å². The lowest BCUT2D eigenvalue weighted by Gasteiger charge is -2.23. The standard InChI is InChI=1S/C13H17N3S/c1-2-12(13-15-4-6-16(13)5-1)9-14-8-11-3-7-17-10-11/h3-4,6-7,10,12,14H,1-2,5,8-9H2/t12-/m1/s1. The van der Waals surface area contributed by atoms with Crippen LogP contribution in [0.15, 0.2) is 29.2 Å². The highest BCUT2D eigenvalue weighted by atomic mass is 32.1. The van der Waals surface area contributed by atoms with E-state index < -0.39 is 0 Å². The van der Waals surface area contributed by atoms with E-state index in [2.05, 4.69) is 37.9 Å². The molecule has 0 aliphatic carbocycles. The van der Waals surface area contributed by atoms with E-state index in [9.17, 15) is 0 Å². The van der Waals surface area contributed by atoms with Crippen LogP contribution < -0.4 is 5.32 Å². The third-order valence-electron chi connectivity index (χ3n) is 3.36. The van der Waals surface area contributed by atoms with E-state index in [-0.39, 0.29) is 0 Å². The zero-order valence-corrected chi connectivity index (χ0v) is 10.6. The Hall–Kier alpha value is -1.13. The maximum Gasteiger partial charge on any atom is 0.113 e. The van der Waals surface area contributed by atoms with Gasteiger partial charge in [0.2, 0.25) is 0 Å². The molecular formula is C13H17N3S. The highest BCUT2D eigenvalue weighted by Gasteiger charge is 2.20. The van der Waals surface area contributed by atoms with E-state index in [1.54, 1.807) is 11.3 Å². The van der Waals surface area contributed by atoms with Crippen LogP contribution in [0.1, 0.15) is 30.1 Å². The fourth-order valence-corrected chi connectivity index (χ4v) is 3.15. The molecule has 0 saturated heterocycles. The molecule has 0 unspecified atom stereocenters. The minimum absolute atomic E-state index is 0.581. The van der Waals surface area contributed by atoms with E-state index in [1.165, 1.54) is 24.2 Å². The number of fused-ring (bicyclic) bond motifs is 1. The minimum atomic E-state index is 0.581. The number of thiophene rings is 1. The summed E-state index contributed by atoms with van der Waals surface area (Å²) in [6, 6.07) is 2.18. The first-order chi connectivity index (χ1) is 8.43. The van der Waals surface area contributed by atoms with E-state index in [0.29, 0.717) is 5.92 Å². The Labute approximate surface area is 106 Å². The van der Waals surface area contributed by atoms with Gasteiger partial charge >= 0.3 is 0 Å². The molecule has 0 saturated carbocycles. The maximum absolute atomic E-state index is 4.48. The highest BCUT2D eigenvalue weighted by molar-refractivity contribution is 7.07. The van der Waals surface area contributed by atoms with Crippen molar-refractivity contribution in [1.29, 1.82) is 0 Å². The molecule has 0 amide bonds. The Kier molecular flexibility index (Phi) is 3.25. The van der Waals surface area contributed by atoms with Crippen LogP contribution in [0.25, 0.3) is 0 Å². The van der Waals surface area contributed by atoms with Crippen molar-refractivity contribution in [3.05, 3.63) is 40.6 Å². The van der Waals surface area contributed by atoms with Crippen molar-refractivity contribution in [3.8, 4) is 0 Å². The second kappa shape index (κ2) is 5.02. The lowest BCUT2D eigenvalue weighted by molar-refractivity contribution is 0.423. The molecule has 1 aliphatic rings. The molecule has 0 bridgehead atoms. The molecule has 2 aromatic heterocycles. The Balaban J connectivity index is 1.57. The van der Waals surface area contributed by atoms with Gasteiger partial charge in [-0.15, -0.1) is 0 Å². The fraction of sp³-hybridized carbons (Fsp3) is 0.462. The smallest absolute Gasteiger partial charge is 0.113 e. The van der Waals surface area contributed by atoms with Gasteiger partial charge in [-0.05, 0) is 35.2 Å². The Bertz CT molecular complexity index is 461. The largest absolute Gasteiger partial charge is 0.335 e. The third-order valence-corrected chi connectivity index (χ3v) is 4.10. The molecule has 0 radical (unpaired) electrons. The van der Waals surface area contributed by atoms with E-state index >= 15 is 0 Å². The SMILES string of the molecule is c1cn2c(n1)[C@@H](CNCc1ccsc1)CCC2. The highest BCUT2D eigenvalue weighted by Crippen LogP contribution is 2.24. The monoisotopic (exact) mass is 247 g/mol. The molecule has 0 fully saturated rings. The van der Waals surface area contributed by atoms with Gasteiger partial charge in [-0.25, -0.2) is 4.98 Å². The Morgan fingerprint density at radius 1 is 1.53 bits per heavy atom. The first kappa shape index (κ1) is 11.0. The molecule has 1 atom stereocenters. The summed E-state index contributed by atoms with van der Waals surface area (Å²) in [5.41, 5.74) is 1.38. The van der Waals surface area contributed by atoms with Crippen LogP contribution in [0.3, 0.4) is 0 Å². The van der Waals surface area contributed by atoms with Crippen molar-refractivity contribution < 1.29 is 0 Å². The molecule has 3 rings (SSSR count). The van der Waals surface area contributed by atoms with Gasteiger partial charge < -0.3 is 9.88 Å². The second-order valence-electron chi connectivity index (χ2n) is 4.58. The maximum atomic E-state index is 4.48. The first-order valence-electron chi connectivity index (χ1n) is 6.16. The van der Waals surface area contributed by atoms with Crippen molar-refractivity contribution in [1.82, 2.24) is 14.9 Å². The number of aryl methyl sites for hydroxylation is 1. The molecule has 3 nitrogen and oxygen atoms in total. The van der Waals surface area contributed by atoms with Crippen LogP contribution in [-0.4, -0.2) is 16.1 Å². The number of hydrogen-bond donors (Lipinski definition) is 1. The van der Waals surface area contributed by atoms with Crippen LogP contribution >= 0.6 is 11.3 Å². The zero-order chi connectivity index (χ0) is 11.5. The topological polar surface area (TPSA) is 29.9 Å². The molecule has 0 aromatic carbocycles. The number of rotatable bonds is 4. The minimum Gasteiger partial charge on any atom is -0.335 e. The summed E-state index contributed by atoms with van der Waals surface area (Å²) in [5.74, 6) is 1.84. The van der Waals surface area contributed by atoms with Gasteiger partial charge in [-0.2, -0.15) is 11.3 Å². The van der Waals surface area contributed by atoms with Gasteiger partial charge in [-0.1, -0.05) is 0 Å². The van der Waals surface area contributed by atoms with Crippen LogP contribution in [0.4, 0.5) is 0 Å². The average Bonchev–Trinajstić information content (AvgIpc) is 2.99. The summed E-state index contributed by atoms with van der Waals surface area (Å²) >= 11 is 1.76. The van der Waals surface area contributed by atoms with Gasteiger partial charge in [0.1, 0.15) is 5.82 Å². The van der Waals surface area contributed by atoms with Crippen LogP contribution in [0.5, 0.6) is 0 Å². The van der Waals surface area contributed by atoms with Crippen LogP contribution in [-0.2, 0) is 13.1 Å². The number of nitrogens with zero attached hydrogens (tertiary/aromatic N) is 2. The molecular weight excluding hydrogens is 230 g/mol. The quantitative estimate of drug-likeness (QED) is 0.900. The van der Waals surface area contributed by atoms with Gasteiger partial charge in [-0.3, -0.25) is 0 Å². The van der Waals surface area contributed by atoms with Gasteiger partial charge in [0.15, 0.2) is 0 Å². The molecule has 1 aliphatic heterocycles.